The van der Waals surface area contributed by atoms with Gasteiger partial charge in [0.25, 0.3) is 0 Å². The average Bonchev–Trinajstić information content (AvgIpc) is 3.49. The zero-order valence-corrected chi connectivity index (χ0v) is 52.2. The first-order valence-electron chi connectivity index (χ1n) is 32.6. The van der Waals surface area contributed by atoms with Gasteiger partial charge in [-0.05, 0) is 148 Å². The quantitative estimate of drug-likeness (QED) is 0.0373. The number of esters is 2. The Morgan fingerprint density at radius 1 is 0.280 bits per heavy atom. The van der Waals surface area contributed by atoms with E-state index >= 15 is 0 Å². The van der Waals surface area contributed by atoms with Crippen molar-refractivity contribution < 1.29 is 24.2 Å². The van der Waals surface area contributed by atoms with Crippen molar-refractivity contribution in [3.8, 4) is 0 Å². The summed E-state index contributed by atoms with van der Waals surface area (Å²) in [6, 6.07) is 0. The van der Waals surface area contributed by atoms with E-state index in [0.29, 0.717) is 12.8 Å². The summed E-state index contributed by atoms with van der Waals surface area (Å²) in [5.74, 6) is -0.629. The van der Waals surface area contributed by atoms with Gasteiger partial charge < -0.3 is 14.6 Å². The number of hydrogen-bond acceptors (Lipinski definition) is 5. The standard InChI is InChI=1S/C77H118O5/c1-3-5-7-9-11-13-15-17-19-21-23-25-27-29-31-33-35-36-37-38-39-40-42-44-46-48-50-52-54-56-58-60-62-64-66-68-70-72-77(80)82-75(73-78)74-81-76(79)71-69-67-65-63-61-59-57-55-53-51-49-47-45-43-41-34-32-30-28-26-24-22-20-18-16-14-12-10-8-6-4-2/h5-8,11-14,17-20,23-26,29-32,35-36,38-39,41-44,47-50,54,56,75,78H,3-4,9-10,15-16,21-22,27-28,33-34,37,40,45-46,51-53,55,57-74H2,1-2H3/b7-5-,8-6-,13-11-,14-12-,19-17-,20-18-,25-23-,26-24-,31-29-,32-30-,36-35-,39-38-,43-41-,44-42-,49-47-,50-48-,56-54-. The Morgan fingerprint density at radius 3 is 0.732 bits per heavy atom. The van der Waals surface area contributed by atoms with Crippen molar-refractivity contribution >= 4 is 11.9 Å². The van der Waals surface area contributed by atoms with E-state index in [1.165, 1.54) is 51.4 Å². The van der Waals surface area contributed by atoms with Crippen LogP contribution in [0.25, 0.3) is 0 Å². The highest BCUT2D eigenvalue weighted by molar-refractivity contribution is 5.70. The molecule has 82 heavy (non-hydrogen) atoms. The second kappa shape index (κ2) is 69.7. The van der Waals surface area contributed by atoms with Gasteiger partial charge in [-0.1, -0.05) is 291 Å². The number of carbonyl (C=O) groups excluding carboxylic acids is 2. The Labute approximate surface area is 504 Å². The number of unbranched alkanes of at least 4 members (excludes halogenated alkanes) is 15. The predicted octanol–water partition coefficient (Wildman–Crippen LogP) is 23.0. The molecule has 0 fully saturated rings. The lowest BCUT2D eigenvalue weighted by atomic mass is 10.1. The number of rotatable bonds is 57. The van der Waals surface area contributed by atoms with Gasteiger partial charge in [0.15, 0.2) is 6.10 Å². The van der Waals surface area contributed by atoms with Crippen LogP contribution in [0.5, 0.6) is 0 Å². The van der Waals surface area contributed by atoms with Crippen molar-refractivity contribution in [2.45, 2.75) is 251 Å². The highest BCUT2D eigenvalue weighted by atomic mass is 16.6. The van der Waals surface area contributed by atoms with Gasteiger partial charge >= 0.3 is 11.9 Å². The molecule has 456 valence electrons. The van der Waals surface area contributed by atoms with Gasteiger partial charge in [0.2, 0.25) is 0 Å². The molecule has 0 bridgehead atoms. The minimum absolute atomic E-state index is 0.0891. The molecule has 5 nitrogen and oxygen atoms in total. The lowest BCUT2D eigenvalue weighted by Gasteiger charge is -2.15. The summed E-state index contributed by atoms with van der Waals surface area (Å²) >= 11 is 0. The maximum atomic E-state index is 12.4. The molecule has 1 unspecified atom stereocenters. The number of allylic oxidation sites excluding steroid dienone is 34. The van der Waals surface area contributed by atoms with Crippen molar-refractivity contribution in [2.75, 3.05) is 13.2 Å². The van der Waals surface area contributed by atoms with Crippen LogP contribution in [0.1, 0.15) is 245 Å². The molecule has 0 aliphatic heterocycles. The Hall–Kier alpha value is -5.52. The summed E-state index contributed by atoms with van der Waals surface area (Å²) in [5, 5.41) is 9.69. The van der Waals surface area contributed by atoms with E-state index in [0.717, 1.165) is 167 Å². The third-order valence-electron chi connectivity index (χ3n) is 13.1. The minimum Gasteiger partial charge on any atom is -0.462 e. The number of ether oxygens (including phenoxy) is 2. The average molecular weight is 1120 g/mol. The van der Waals surface area contributed by atoms with E-state index in [1.807, 2.05) is 0 Å². The van der Waals surface area contributed by atoms with Crippen LogP contribution in [0.2, 0.25) is 0 Å². The third kappa shape index (κ3) is 67.0. The first kappa shape index (κ1) is 76.5. The molecule has 0 aliphatic carbocycles. The monoisotopic (exact) mass is 1120 g/mol. The predicted molar refractivity (Wildman–Crippen MR) is 361 cm³/mol. The fourth-order valence-corrected chi connectivity index (χ4v) is 8.27. The molecule has 5 heteroatoms. The zero-order chi connectivity index (χ0) is 59.1. The zero-order valence-electron chi connectivity index (χ0n) is 52.2. The van der Waals surface area contributed by atoms with E-state index in [1.54, 1.807) is 0 Å². The number of hydrogen-bond donors (Lipinski definition) is 1. The summed E-state index contributed by atoms with van der Waals surface area (Å²) in [4.78, 5) is 24.6. The Bertz CT molecular complexity index is 1950. The topological polar surface area (TPSA) is 72.8 Å². The van der Waals surface area contributed by atoms with Crippen molar-refractivity contribution in [3.63, 3.8) is 0 Å². The highest BCUT2D eigenvalue weighted by Crippen LogP contribution is 2.14. The molecule has 0 heterocycles. The summed E-state index contributed by atoms with van der Waals surface area (Å²) in [5.41, 5.74) is 0. The van der Waals surface area contributed by atoms with Gasteiger partial charge in [-0.2, -0.15) is 0 Å². The smallest absolute Gasteiger partial charge is 0.306 e. The van der Waals surface area contributed by atoms with Gasteiger partial charge in [0, 0.05) is 12.8 Å². The first-order valence-corrected chi connectivity index (χ1v) is 32.6. The van der Waals surface area contributed by atoms with Gasteiger partial charge in [-0.15, -0.1) is 0 Å². The lowest BCUT2D eigenvalue weighted by Crippen LogP contribution is -2.28. The number of aliphatic hydroxyl groups is 1. The second-order valence-corrected chi connectivity index (χ2v) is 20.7. The van der Waals surface area contributed by atoms with Crippen LogP contribution in [0, 0.1) is 0 Å². The molecule has 0 rings (SSSR count). The highest BCUT2D eigenvalue weighted by Gasteiger charge is 2.16. The van der Waals surface area contributed by atoms with Gasteiger partial charge in [-0.25, -0.2) is 0 Å². The fraction of sp³-hybridized carbons (Fsp3) is 0.532. The molecule has 1 atom stereocenters. The van der Waals surface area contributed by atoms with Crippen LogP contribution < -0.4 is 0 Å². The Morgan fingerprint density at radius 2 is 0.488 bits per heavy atom. The molecule has 0 aromatic rings. The lowest BCUT2D eigenvalue weighted by molar-refractivity contribution is -0.161. The molecular weight excluding hydrogens is 1000 g/mol. The Kier molecular flexibility index (Phi) is 65.1. The van der Waals surface area contributed by atoms with E-state index in [-0.39, 0.29) is 25.2 Å². The van der Waals surface area contributed by atoms with Crippen LogP contribution in [-0.4, -0.2) is 36.4 Å². The van der Waals surface area contributed by atoms with E-state index in [9.17, 15) is 14.7 Å². The summed E-state index contributed by atoms with van der Waals surface area (Å²) < 4.78 is 10.7. The summed E-state index contributed by atoms with van der Waals surface area (Å²) in [6.07, 6.45) is 112. The van der Waals surface area contributed by atoms with Crippen molar-refractivity contribution in [1.82, 2.24) is 0 Å². The largest absolute Gasteiger partial charge is 0.462 e. The van der Waals surface area contributed by atoms with Crippen molar-refractivity contribution in [3.05, 3.63) is 207 Å². The van der Waals surface area contributed by atoms with Crippen LogP contribution in [0.4, 0.5) is 0 Å². The molecule has 1 N–H and O–H groups in total. The van der Waals surface area contributed by atoms with E-state index < -0.39 is 6.10 Å². The first-order chi connectivity index (χ1) is 40.6. The molecule has 0 saturated carbocycles. The van der Waals surface area contributed by atoms with Gasteiger partial charge in [0.05, 0.1) is 6.61 Å². The second-order valence-electron chi connectivity index (χ2n) is 20.7. The molecule has 0 aliphatic rings. The van der Waals surface area contributed by atoms with Crippen LogP contribution in [-0.2, 0) is 19.1 Å². The number of aliphatic hydroxyl groups excluding tert-OH is 1. The van der Waals surface area contributed by atoms with Crippen molar-refractivity contribution in [1.29, 1.82) is 0 Å². The molecule has 0 saturated heterocycles. The maximum absolute atomic E-state index is 12.4. The maximum Gasteiger partial charge on any atom is 0.306 e. The van der Waals surface area contributed by atoms with Crippen LogP contribution >= 0.6 is 0 Å². The summed E-state index contributed by atoms with van der Waals surface area (Å²) in [6.45, 7) is 3.88. The van der Waals surface area contributed by atoms with Crippen molar-refractivity contribution in [2.24, 2.45) is 0 Å². The van der Waals surface area contributed by atoms with E-state index in [4.69, 9.17) is 9.47 Å². The normalized spacial score (nSPS) is 13.6. The molecule has 0 spiro atoms. The molecule has 0 aromatic carbocycles. The third-order valence-corrected chi connectivity index (χ3v) is 13.1. The molecule has 0 amide bonds. The van der Waals surface area contributed by atoms with Gasteiger partial charge in [0.1, 0.15) is 6.61 Å². The van der Waals surface area contributed by atoms with Gasteiger partial charge in [-0.3, -0.25) is 9.59 Å². The molecule has 0 aromatic heterocycles. The summed E-state index contributed by atoms with van der Waals surface area (Å²) in [7, 11) is 0. The van der Waals surface area contributed by atoms with E-state index in [2.05, 4.69) is 220 Å². The number of carbonyl (C=O) groups is 2. The SMILES string of the molecule is CC/C=C\C/C=C\C/C=C\C/C=C\C/C=C\C/C=C\C/C=C\C/C=C\C/C=C\C/C=C\CCCCCCCCC(=O)OC(CO)COC(=O)CCCCCCCCCCC/C=C\C/C=C\C/C=C\C/C=C\C/C=C\C/C=C\C/C=C\CC. The van der Waals surface area contributed by atoms with Crippen LogP contribution in [0.3, 0.4) is 0 Å². The minimum atomic E-state index is -0.801. The molecular formula is C77H118O5. The van der Waals surface area contributed by atoms with Crippen LogP contribution in [0.15, 0.2) is 207 Å². The fourth-order valence-electron chi connectivity index (χ4n) is 8.27. The Balaban J connectivity index is 3.65. The molecule has 0 radical (unpaired) electrons.